The van der Waals surface area contributed by atoms with Gasteiger partial charge in [0.1, 0.15) is 11.0 Å². The van der Waals surface area contributed by atoms with Gasteiger partial charge in [0.05, 0.1) is 0 Å². The molecule has 4 rings (SSSR count). The molecule has 1 amide bonds. The second-order valence-electron chi connectivity index (χ2n) is 6.69. The molecule has 1 aromatic heterocycles. The second kappa shape index (κ2) is 6.93. The minimum atomic E-state index is -3.41. The summed E-state index contributed by atoms with van der Waals surface area (Å²) in [6.45, 7) is 2.91. The standard InChI is InChI=1S/C16H22N6O3S/c23-16(13-4-5-14-15(12-13)18-19-17-14)20-6-3-9-22(11-10-20)26(24,25)21-7-1-2-8-21/h4-5,12H,1-3,6-11H2,(H,17,18,19). The van der Waals surface area contributed by atoms with Gasteiger partial charge in [0.25, 0.3) is 16.1 Å². The summed E-state index contributed by atoms with van der Waals surface area (Å²) in [6.07, 6.45) is 2.47. The highest BCUT2D eigenvalue weighted by Crippen LogP contribution is 2.19. The van der Waals surface area contributed by atoms with Gasteiger partial charge >= 0.3 is 0 Å². The molecule has 0 radical (unpaired) electrons. The van der Waals surface area contributed by atoms with Crippen LogP contribution in [0.3, 0.4) is 0 Å². The molecule has 2 saturated heterocycles. The third-order valence-electron chi connectivity index (χ3n) is 5.02. The lowest BCUT2D eigenvalue weighted by molar-refractivity contribution is 0.0764. The minimum Gasteiger partial charge on any atom is -0.337 e. The van der Waals surface area contributed by atoms with Crippen molar-refractivity contribution in [3.8, 4) is 0 Å². The predicted molar refractivity (Wildman–Crippen MR) is 95.7 cm³/mol. The number of fused-ring (bicyclic) bond motifs is 1. The van der Waals surface area contributed by atoms with Gasteiger partial charge in [0, 0.05) is 44.8 Å². The van der Waals surface area contributed by atoms with Gasteiger partial charge in [0.2, 0.25) is 0 Å². The maximum Gasteiger partial charge on any atom is 0.282 e. The maximum atomic E-state index is 12.8. The molecule has 0 aliphatic carbocycles. The minimum absolute atomic E-state index is 0.102. The number of benzene rings is 1. The number of hydrogen-bond donors (Lipinski definition) is 1. The molecule has 2 aromatic rings. The predicted octanol–water partition coefficient (Wildman–Crippen LogP) is 0.446. The molecule has 1 N–H and O–H groups in total. The summed E-state index contributed by atoms with van der Waals surface area (Å²) in [4.78, 5) is 14.5. The highest BCUT2D eigenvalue weighted by Gasteiger charge is 2.33. The van der Waals surface area contributed by atoms with E-state index in [-0.39, 0.29) is 5.91 Å². The molecular weight excluding hydrogens is 356 g/mol. The van der Waals surface area contributed by atoms with Gasteiger partial charge in [-0.05, 0) is 37.5 Å². The lowest BCUT2D eigenvalue weighted by Crippen LogP contribution is -2.44. The highest BCUT2D eigenvalue weighted by molar-refractivity contribution is 7.86. The molecule has 0 saturated carbocycles. The maximum absolute atomic E-state index is 12.8. The van der Waals surface area contributed by atoms with Gasteiger partial charge in [-0.25, -0.2) is 0 Å². The van der Waals surface area contributed by atoms with Crippen LogP contribution in [0.15, 0.2) is 18.2 Å². The van der Waals surface area contributed by atoms with E-state index in [2.05, 4.69) is 15.4 Å². The number of amides is 1. The normalized spacial score (nSPS) is 20.5. The van der Waals surface area contributed by atoms with Crippen LogP contribution in [-0.4, -0.2) is 82.5 Å². The molecule has 2 aliphatic heterocycles. The summed E-state index contributed by atoms with van der Waals surface area (Å²) < 4.78 is 28.5. The van der Waals surface area contributed by atoms with Gasteiger partial charge in [-0.1, -0.05) is 0 Å². The third-order valence-corrected chi connectivity index (χ3v) is 7.06. The summed E-state index contributed by atoms with van der Waals surface area (Å²) in [5, 5.41) is 10.5. The molecule has 26 heavy (non-hydrogen) atoms. The topological polar surface area (TPSA) is 102 Å². The zero-order chi connectivity index (χ0) is 18.1. The number of nitrogens with one attached hydrogen (secondary N) is 1. The Labute approximate surface area is 152 Å². The first-order valence-electron chi connectivity index (χ1n) is 8.91. The van der Waals surface area contributed by atoms with Gasteiger partial charge in [-0.3, -0.25) is 4.79 Å². The Morgan fingerprint density at radius 2 is 1.58 bits per heavy atom. The Kier molecular flexibility index (Phi) is 4.63. The first-order valence-corrected chi connectivity index (χ1v) is 10.3. The van der Waals surface area contributed by atoms with Crippen molar-refractivity contribution in [3.63, 3.8) is 0 Å². The van der Waals surface area contributed by atoms with Crippen molar-refractivity contribution >= 4 is 27.1 Å². The van der Waals surface area contributed by atoms with Crippen molar-refractivity contribution in [3.05, 3.63) is 23.8 Å². The van der Waals surface area contributed by atoms with Crippen molar-refractivity contribution in [2.75, 3.05) is 39.3 Å². The largest absolute Gasteiger partial charge is 0.337 e. The van der Waals surface area contributed by atoms with Crippen LogP contribution in [0.25, 0.3) is 11.0 Å². The number of carbonyl (C=O) groups is 1. The van der Waals surface area contributed by atoms with E-state index in [0.29, 0.717) is 62.3 Å². The van der Waals surface area contributed by atoms with E-state index in [0.717, 1.165) is 12.8 Å². The van der Waals surface area contributed by atoms with Crippen molar-refractivity contribution in [1.29, 1.82) is 0 Å². The number of H-pyrrole nitrogens is 1. The van der Waals surface area contributed by atoms with Crippen LogP contribution in [-0.2, 0) is 10.2 Å². The summed E-state index contributed by atoms with van der Waals surface area (Å²) in [5.41, 5.74) is 1.89. The number of aromatic amines is 1. The van der Waals surface area contributed by atoms with E-state index in [4.69, 9.17) is 0 Å². The molecule has 2 aliphatic rings. The molecule has 9 nitrogen and oxygen atoms in total. The van der Waals surface area contributed by atoms with Crippen LogP contribution < -0.4 is 0 Å². The van der Waals surface area contributed by atoms with Crippen molar-refractivity contribution in [2.45, 2.75) is 19.3 Å². The first-order chi connectivity index (χ1) is 12.6. The Balaban J connectivity index is 1.46. The van der Waals surface area contributed by atoms with Crippen molar-refractivity contribution < 1.29 is 13.2 Å². The molecule has 10 heteroatoms. The smallest absolute Gasteiger partial charge is 0.282 e. The number of rotatable bonds is 3. The lowest BCUT2D eigenvalue weighted by Gasteiger charge is -2.26. The van der Waals surface area contributed by atoms with Gasteiger partial charge < -0.3 is 4.90 Å². The van der Waals surface area contributed by atoms with Crippen LogP contribution in [0.1, 0.15) is 29.6 Å². The summed E-state index contributed by atoms with van der Waals surface area (Å²) in [7, 11) is -3.41. The quantitative estimate of drug-likeness (QED) is 0.835. The van der Waals surface area contributed by atoms with E-state index in [1.807, 2.05) is 0 Å². The molecule has 1 aromatic carbocycles. The Hall–Kier alpha value is -2.04. The lowest BCUT2D eigenvalue weighted by atomic mass is 10.1. The fourth-order valence-electron chi connectivity index (χ4n) is 3.57. The number of hydrogen-bond acceptors (Lipinski definition) is 5. The summed E-state index contributed by atoms with van der Waals surface area (Å²) in [5.74, 6) is -0.102. The average molecular weight is 378 g/mol. The van der Waals surface area contributed by atoms with Crippen LogP contribution in [0.5, 0.6) is 0 Å². The fourth-order valence-corrected chi connectivity index (χ4v) is 5.28. The van der Waals surface area contributed by atoms with Crippen LogP contribution in [0, 0.1) is 0 Å². The molecule has 2 fully saturated rings. The third kappa shape index (κ3) is 3.19. The second-order valence-corrected chi connectivity index (χ2v) is 8.61. The molecule has 3 heterocycles. The molecule has 0 unspecified atom stereocenters. The molecular formula is C16H22N6O3S. The Morgan fingerprint density at radius 3 is 2.38 bits per heavy atom. The number of nitrogens with zero attached hydrogens (tertiary/aromatic N) is 5. The van der Waals surface area contributed by atoms with Crippen molar-refractivity contribution in [2.24, 2.45) is 0 Å². The van der Waals surface area contributed by atoms with Gasteiger partial charge in [-0.2, -0.15) is 32.4 Å². The highest BCUT2D eigenvalue weighted by atomic mass is 32.2. The fraction of sp³-hybridized carbons (Fsp3) is 0.562. The van der Waals surface area contributed by atoms with Gasteiger partial charge in [0.15, 0.2) is 0 Å². The van der Waals surface area contributed by atoms with E-state index in [1.165, 1.54) is 4.31 Å². The van der Waals surface area contributed by atoms with Crippen LogP contribution in [0.4, 0.5) is 0 Å². The van der Waals surface area contributed by atoms with E-state index < -0.39 is 10.2 Å². The molecule has 0 bridgehead atoms. The Morgan fingerprint density at radius 1 is 0.885 bits per heavy atom. The van der Waals surface area contributed by atoms with Crippen LogP contribution >= 0.6 is 0 Å². The monoisotopic (exact) mass is 378 g/mol. The summed E-state index contributed by atoms with van der Waals surface area (Å²) in [6, 6.07) is 5.20. The van der Waals surface area contributed by atoms with Crippen molar-refractivity contribution in [1.82, 2.24) is 28.9 Å². The molecule has 0 atom stereocenters. The Bertz CT molecular complexity index is 906. The zero-order valence-corrected chi connectivity index (χ0v) is 15.3. The average Bonchev–Trinajstić information content (AvgIpc) is 3.27. The van der Waals surface area contributed by atoms with E-state index in [9.17, 15) is 13.2 Å². The number of carbonyl (C=O) groups excluding carboxylic acids is 1. The number of aromatic nitrogens is 3. The van der Waals surface area contributed by atoms with Gasteiger partial charge in [-0.15, -0.1) is 0 Å². The molecule has 140 valence electrons. The SMILES string of the molecule is O=C(c1ccc2n[nH]nc2c1)N1CCCN(S(=O)(=O)N2CCCC2)CC1. The van der Waals surface area contributed by atoms with Crippen LogP contribution in [0.2, 0.25) is 0 Å². The van der Waals surface area contributed by atoms with E-state index in [1.54, 1.807) is 27.4 Å². The summed E-state index contributed by atoms with van der Waals surface area (Å²) >= 11 is 0. The zero-order valence-electron chi connectivity index (χ0n) is 14.5. The van der Waals surface area contributed by atoms with E-state index >= 15 is 0 Å². The molecule has 0 spiro atoms. The first kappa shape index (κ1) is 17.4.